The number of hydrogen-bond donors (Lipinski definition) is 1. The van der Waals surface area contributed by atoms with Crippen LogP contribution in [0.3, 0.4) is 0 Å². The Hall–Kier alpha value is -2.06. The quantitative estimate of drug-likeness (QED) is 0.213. The van der Waals surface area contributed by atoms with Crippen LogP contribution in [-0.4, -0.2) is 34.0 Å². The van der Waals surface area contributed by atoms with Gasteiger partial charge >= 0.3 is 22.2 Å². The number of benzene rings is 1. The summed E-state index contributed by atoms with van der Waals surface area (Å²) in [6, 6.07) is 10.9. The Bertz CT molecular complexity index is 573. The second-order valence-corrected chi connectivity index (χ2v) is 4.11. The van der Waals surface area contributed by atoms with E-state index in [-0.39, 0.29) is 32.8 Å². The van der Waals surface area contributed by atoms with Crippen LogP contribution in [0, 0.1) is 0 Å². The second kappa shape index (κ2) is 13.6. The van der Waals surface area contributed by atoms with E-state index < -0.39 is 0 Å². The summed E-state index contributed by atoms with van der Waals surface area (Å²) < 4.78 is 4.99. The summed E-state index contributed by atoms with van der Waals surface area (Å²) in [4.78, 5) is 3.78. The summed E-state index contributed by atoms with van der Waals surface area (Å²) in [7, 11) is 1.51. The summed E-state index contributed by atoms with van der Waals surface area (Å²) in [6.45, 7) is 0. The number of para-hydroxylation sites is 1. The normalized spacial score (nSPS) is 8.78. The number of nitrogens with zero attached hydrogens (tertiary/aromatic N) is 3. The predicted octanol–water partition coefficient (Wildman–Crippen LogP) is 1.07. The Morgan fingerprint density at radius 1 is 1.30 bits per heavy atom. The zero-order valence-electron chi connectivity index (χ0n) is 12.2. The first-order chi connectivity index (χ1) is 10.1. The average molecular weight is 381 g/mol. The molecule has 0 atom stereocenters. The van der Waals surface area contributed by atoms with Crippen molar-refractivity contribution in [1.82, 2.24) is 4.98 Å². The Morgan fingerprint density at radius 2 is 1.96 bits per heavy atom. The summed E-state index contributed by atoms with van der Waals surface area (Å²) in [5.74, 6) is 0.749. The number of hydrogen-bond acceptors (Lipinski definition) is 4. The molecule has 7 nitrogen and oxygen atoms in total. The van der Waals surface area contributed by atoms with Gasteiger partial charge in [0, 0.05) is 18.6 Å². The van der Waals surface area contributed by atoms with Crippen LogP contribution in [0.15, 0.2) is 53.9 Å². The molecular formula is C14H18N4NiO3S+2. The van der Waals surface area contributed by atoms with E-state index in [0.29, 0.717) is 11.3 Å². The Kier molecular flexibility index (Phi) is 13.7. The van der Waals surface area contributed by atoms with Crippen molar-refractivity contribution in [2.45, 2.75) is 0 Å². The van der Waals surface area contributed by atoms with Gasteiger partial charge in [0.05, 0.1) is 12.7 Å². The fraction of sp³-hybridized carbons (Fsp3) is 0.0714. The predicted molar refractivity (Wildman–Crippen MR) is 91.1 cm³/mol. The summed E-state index contributed by atoms with van der Waals surface area (Å²) in [5.41, 5.74) is 9.30. The van der Waals surface area contributed by atoms with E-state index in [0.717, 1.165) is 0 Å². The molecule has 0 radical (unpaired) electrons. The molecule has 0 amide bonds. The van der Waals surface area contributed by atoms with Gasteiger partial charge in [-0.1, -0.05) is 12.1 Å². The molecule has 9 heteroatoms. The molecular weight excluding hydrogens is 363 g/mol. The molecule has 2 rings (SSSR count). The first kappa shape index (κ1) is 23.2. The molecule has 5 N–H and O–H groups in total. The van der Waals surface area contributed by atoms with Gasteiger partial charge in [0.2, 0.25) is 5.75 Å². The van der Waals surface area contributed by atoms with Crippen LogP contribution < -0.4 is 10.5 Å². The number of nitrogens with two attached hydrogens (primary N) is 1. The molecule has 1 aromatic carbocycles. The summed E-state index contributed by atoms with van der Waals surface area (Å²) in [5, 5.41) is 11.5. The number of thiol groups is 1. The van der Waals surface area contributed by atoms with Gasteiger partial charge < -0.3 is 25.8 Å². The number of ether oxygens (including phenoxy) is 1. The van der Waals surface area contributed by atoms with E-state index in [1.165, 1.54) is 13.3 Å². The van der Waals surface area contributed by atoms with E-state index in [1.54, 1.807) is 30.6 Å². The smallest absolute Gasteiger partial charge is 0.870 e. The third kappa shape index (κ3) is 9.54. The van der Waals surface area contributed by atoms with Crippen LogP contribution in [0.2, 0.25) is 0 Å². The zero-order valence-corrected chi connectivity index (χ0v) is 14.1. The number of methoxy groups -OCH3 is 1. The number of rotatable bonds is 3. The first-order valence-corrected chi connectivity index (χ1v) is 6.39. The maximum atomic E-state index is 7.72. The van der Waals surface area contributed by atoms with Crippen molar-refractivity contribution in [2.75, 3.05) is 7.11 Å². The summed E-state index contributed by atoms with van der Waals surface area (Å²) in [6.07, 6.45) is 4.92. The van der Waals surface area contributed by atoms with Crippen LogP contribution in [0.25, 0.3) is 5.43 Å². The molecule has 0 aliphatic heterocycles. The van der Waals surface area contributed by atoms with Gasteiger partial charge in [-0.2, -0.15) is 0 Å². The van der Waals surface area contributed by atoms with Crippen LogP contribution in [0.4, 0.5) is 0 Å². The molecule has 0 saturated carbocycles. The molecule has 0 aliphatic rings. The fourth-order valence-electron chi connectivity index (χ4n) is 1.29. The minimum atomic E-state index is 0. The summed E-state index contributed by atoms with van der Waals surface area (Å²) >= 11 is 3.75. The van der Waals surface area contributed by atoms with Crippen molar-refractivity contribution in [3.63, 3.8) is 0 Å². The number of aromatic nitrogens is 1. The van der Waals surface area contributed by atoms with Gasteiger partial charge in [-0.25, -0.2) is 0 Å². The van der Waals surface area contributed by atoms with Gasteiger partial charge in [0.15, 0.2) is 17.3 Å². The van der Waals surface area contributed by atoms with Gasteiger partial charge in [-0.15, -0.1) is 0 Å². The molecule has 2 aromatic rings. The van der Waals surface area contributed by atoms with Crippen molar-refractivity contribution >= 4 is 23.5 Å². The monoisotopic (exact) mass is 380 g/mol. The fourth-order valence-corrected chi connectivity index (χ4v) is 1.34. The van der Waals surface area contributed by atoms with E-state index in [2.05, 4.69) is 27.7 Å². The van der Waals surface area contributed by atoms with Gasteiger partial charge in [-0.3, -0.25) is 10.7 Å². The van der Waals surface area contributed by atoms with Crippen molar-refractivity contribution in [2.24, 2.45) is 10.8 Å². The average Bonchev–Trinajstić information content (AvgIpc) is 2.51. The molecule has 126 valence electrons. The second-order valence-electron chi connectivity index (χ2n) is 3.65. The van der Waals surface area contributed by atoms with Crippen molar-refractivity contribution in [3.8, 4) is 11.5 Å². The number of pyridine rings is 1. The molecule has 23 heavy (non-hydrogen) atoms. The van der Waals surface area contributed by atoms with Crippen molar-refractivity contribution < 1.29 is 31.8 Å². The van der Waals surface area contributed by atoms with Crippen LogP contribution in [0.5, 0.6) is 11.5 Å². The molecule has 0 saturated heterocycles. The van der Waals surface area contributed by atoms with E-state index in [1.807, 2.05) is 18.2 Å². The van der Waals surface area contributed by atoms with Gasteiger partial charge in [-0.05, 0) is 24.3 Å². The Morgan fingerprint density at radius 3 is 2.39 bits per heavy atom. The maximum Gasteiger partial charge on any atom is 2.00 e. The van der Waals surface area contributed by atoms with E-state index in [9.17, 15) is 0 Å². The molecule has 0 bridgehead atoms. The molecule has 0 aliphatic carbocycles. The molecule has 0 unspecified atom stereocenters. The van der Waals surface area contributed by atoms with E-state index in [4.69, 9.17) is 15.6 Å². The SMILES string of the molecule is COc1cccc(C=N[N-]C(N)=[SH+])c1[OH2+].[Ni+2].[OH-].c1ccncc1. The third-order valence-electron chi connectivity index (χ3n) is 2.20. The molecule has 1 aromatic heterocycles. The van der Waals surface area contributed by atoms with Crippen LogP contribution in [-0.2, 0) is 28.7 Å². The van der Waals surface area contributed by atoms with Gasteiger partial charge in [0.1, 0.15) is 0 Å². The van der Waals surface area contributed by atoms with Crippen LogP contribution >= 0.6 is 0 Å². The Labute approximate surface area is 149 Å². The van der Waals surface area contributed by atoms with Gasteiger partial charge in [0.25, 0.3) is 0 Å². The van der Waals surface area contributed by atoms with Crippen molar-refractivity contribution in [3.05, 3.63) is 59.8 Å². The van der Waals surface area contributed by atoms with E-state index >= 15 is 0 Å². The zero-order chi connectivity index (χ0) is 15.5. The van der Waals surface area contributed by atoms with Crippen LogP contribution in [0.1, 0.15) is 5.56 Å². The third-order valence-corrected chi connectivity index (χ3v) is 2.29. The topological polar surface area (TPSA) is 127 Å². The molecule has 0 fully saturated rings. The maximum absolute atomic E-state index is 7.72. The molecule has 0 spiro atoms. The first-order valence-electron chi connectivity index (χ1n) is 5.94. The minimum absolute atomic E-state index is 0. The largest absolute Gasteiger partial charge is 2.00 e. The molecule has 1 heterocycles. The Balaban J connectivity index is 0. The van der Waals surface area contributed by atoms with Crippen molar-refractivity contribution in [1.29, 1.82) is 0 Å². The standard InChI is InChI=1S/C9H11N3O2S.C5H5N.Ni.H2O/c1-14-7-4-2-3-6(8(7)13)5-11-12-9(10)15;1-2-4-6-5-3-1;;/h2-5H,1H3,(H4,10,11,12,13,15);1-5H;;1H2/q;;+2;. The minimum Gasteiger partial charge on any atom is -0.870 e.